The molecule has 0 unspecified atom stereocenters. The van der Waals surface area contributed by atoms with Gasteiger partial charge < -0.3 is 10.4 Å². The Hall–Kier alpha value is -2.83. The molecule has 0 aliphatic rings. The molecule has 0 spiro atoms. The second kappa shape index (κ2) is 8.46. The number of hydrogen-bond donors (Lipinski definition) is 2. The van der Waals surface area contributed by atoms with Crippen molar-refractivity contribution in [3.05, 3.63) is 72.8 Å². The number of thioether (sulfide) groups is 1. The van der Waals surface area contributed by atoms with Crippen LogP contribution in [0.3, 0.4) is 0 Å². The van der Waals surface area contributed by atoms with Crippen molar-refractivity contribution in [2.75, 3.05) is 11.1 Å². The monoisotopic (exact) mass is 406 g/mol. The predicted molar refractivity (Wildman–Crippen MR) is 117 cm³/mol. The fourth-order valence-electron chi connectivity index (χ4n) is 2.78. The molecule has 6 heteroatoms. The minimum Gasteiger partial charge on any atom is -0.507 e. The number of para-hydroxylation sites is 1. The number of phenolic OH excluding ortho intramolecular Hbond substituents is 1. The first kappa shape index (κ1) is 18.5. The average Bonchev–Trinajstić information content (AvgIpc) is 3.13. The van der Waals surface area contributed by atoms with Crippen LogP contribution in [0.2, 0.25) is 0 Å². The van der Waals surface area contributed by atoms with E-state index in [9.17, 15) is 9.90 Å². The number of fused-ring (bicyclic) bond motifs is 1. The van der Waals surface area contributed by atoms with Crippen LogP contribution >= 0.6 is 23.1 Å². The molecular formula is C22H18N2O2S2. The number of anilines is 1. The maximum Gasteiger partial charge on any atom is 0.225 e. The third-order valence-corrected chi connectivity index (χ3v) is 6.23. The molecular weight excluding hydrogens is 388 g/mol. The molecule has 28 heavy (non-hydrogen) atoms. The van der Waals surface area contributed by atoms with E-state index in [1.54, 1.807) is 30.0 Å². The number of amides is 1. The van der Waals surface area contributed by atoms with E-state index in [4.69, 9.17) is 0 Å². The van der Waals surface area contributed by atoms with Crippen molar-refractivity contribution in [2.24, 2.45) is 0 Å². The zero-order chi connectivity index (χ0) is 19.3. The Morgan fingerprint density at radius 1 is 1.04 bits per heavy atom. The van der Waals surface area contributed by atoms with Gasteiger partial charge in [-0.1, -0.05) is 30.3 Å². The Kier molecular flexibility index (Phi) is 5.60. The third kappa shape index (κ3) is 4.35. The fraction of sp³-hybridized carbons (Fsp3) is 0.0909. The molecule has 0 bridgehead atoms. The number of thiazole rings is 1. The minimum absolute atomic E-state index is 0.0735. The van der Waals surface area contributed by atoms with Gasteiger partial charge in [0.15, 0.2) is 0 Å². The van der Waals surface area contributed by atoms with Gasteiger partial charge in [0.1, 0.15) is 10.8 Å². The normalized spacial score (nSPS) is 10.9. The van der Waals surface area contributed by atoms with Crippen molar-refractivity contribution in [1.82, 2.24) is 4.98 Å². The number of nitrogens with one attached hydrogen (secondary N) is 1. The molecule has 0 radical (unpaired) electrons. The molecule has 4 rings (SSSR count). The molecule has 0 atom stereocenters. The van der Waals surface area contributed by atoms with Gasteiger partial charge in [-0.15, -0.1) is 23.1 Å². The first-order chi connectivity index (χ1) is 13.7. The van der Waals surface area contributed by atoms with Crippen molar-refractivity contribution in [3.63, 3.8) is 0 Å². The number of carbonyl (C=O) groups is 1. The molecule has 0 saturated heterocycles. The molecule has 0 fully saturated rings. The van der Waals surface area contributed by atoms with E-state index in [1.807, 2.05) is 54.6 Å². The van der Waals surface area contributed by atoms with E-state index in [0.717, 1.165) is 20.1 Å². The summed E-state index contributed by atoms with van der Waals surface area (Å²) in [5, 5.41) is 14.0. The van der Waals surface area contributed by atoms with Crippen LogP contribution in [0.1, 0.15) is 6.42 Å². The van der Waals surface area contributed by atoms with Crippen LogP contribution in [-0.2, 0) is 4.79 Å². The molecule has 1 aromatic heterocycles. The van der Waals surface area contributed by atoms with Crippen molar-refractivity contribution in [2.45, 2.75) is 11.3 Å². The van der Waals surface area contributed by atoms with Crippen LogP contribution in [0.4, 0.5) is 5.69 Å². The second-order valence-electron chi connectivity index (χ2n) is 6.18. The topological polar surface area (TPSA) is 62.2 Å². The van der Waals surface area contributed by atoms with Gasteiger partial charge in [-0.05, 0) is 36.4 Å². The molecule has 0 aliphatic heterocycles. The number of phenols is 1. The highest BCUT2D eigenvalue weighted by molar-refractivity contribution is 7.99. The Morgan fingerprint density at radius 3 is 2.61 bits per heavy atom. The summed E-state index contributed by atoms with van der Waals surface area (Å²) in [6.07, 6.45) is 0.403. The van der Waals surface area contributed by atoms with Gasteiger partial charge in [0.05, 0.1) is 15.8 Å². The summed E-state index contributed by atoms with van der Waals surface area (Å²) in [5.41, 5.74) is 2.16. The molecule has 3 aromatic carbocycles. The van der Waals surface area contributed by atoms with Crippen LogP contribution in [-0.4, -0.2) is 21.8 Å². The first-order valence-corrected chi connectivity index (χ1v) is 10.7. The molecule has 2 N–H and O–H groups in total. The molecule has 140 valence electrons. The molecule has 4 aromatic rings. The van der Waals surface area contributed by atoms with Crippen molar-refractivity contribution in [3.8, 4) is 16.3 Å². The van der Waals surface area contributed by atoms with Crippen LogP contribution in [0, 0.1) is 0 Å². The zero-order valence-corrected chi connectivity index (χ0v) is 16.6. The SMILES string of the molecule is O=C(CCSc1ccccc1)Nc1ccc(-c2nc3ccccc3s2)c(O)c1. The van der Waals surface area contributed by atoms with Crippen LogP contribution in [0.5, 0.6) is 5.75 Å². The van der Waals surface area contributed by atoms with Crippen molar-refractivity contribution in [1.29, 1.82) is 0 Å². The lowest BCUT2D eigenvalue weighted by molar-refractivity contribution is -0.115. The lowest BCUT2D eigenvalue weighted by Gasteiger charge is -2.08. The summed E-state index contributed by atoms with van der Waals surface area (Å²) in [7, 11) is 0. The van der Waals surface area contributed by atoms with E-state index < -0.39 is 0 Å². The molecule has 1 heterocycles. The maximum atomic E-state index is 12.2. The van der Waals surface area contributed by atoms with E-state index in [-0.39, 0.29) is 11.7 Å². The van der Waals surface area contributed by atoms with Gasteiger partial charge in [0.25, 0.3) is 0 Å². The average molecular weight is 407 g/mol. The number of aromatic hydroxyl groups is 1. The smallest absolute Gasteiger partial charge is 0.225 e. The maximum absolute atomic E-state index is 12.2. The minimum atomic E-state index is -0.0735. The zero-order valence-electron chi connectivity index (χ0n) is 15.0. The quantitative estimate of drug-likeness (QED) is 0.398. The van der Waals surface area contributed by atoms with E-state index in [2.05, 4.69) is 10.3 Å². The lowest BCUT2D eigenvalue weighted by atomic mass is 10.2. The van der Waals surface area contributed by atoms with Crippen LogP contribution < -0.4 is 5.32 Å². The van der Waals surface area contributed by atoms with E-state index in [1.165, 1.54) is 11.3 Å². The number of aromatic nitrogens is 1. The van der Waals surface area contributed by atoms with Gasteiger partial charge in [-0.2, -0.15) is 0 Å². The molecule has 1 amide bonds. The number of carbonyl (C=O) groups excluding carboxylic acids is 1. The summed E-state index contributed by atoms with van der Waals surface area (Å²) in [5.74, 6) is 0.733. The van der Waals surface area contributed by atoms with Crippen LogP contribution in [0.15, 0.2) is 77.7 Å². The highest BCUT2D eigenvalue weighted by Gasteiger charge is 2.12. The Bertz CT molecular complexity index is 1080. The van der Waals surface area contributed by atoms with Crippen molar-refractivity contribution < 1.29 is 9.90 Å². The fourth-order valence-corrected chi connectivity index (χ4v) is 4.65. The molecule has 4 nitrogen and oxygen atoms in total. The number of rotatable bonds is 6. The predicted octanol–water partition coefficient (Wildman–Crippen LogP) is 5.79. The first-order valence-electron chi connectivity index (χ1n) is 8.86. The van der Waals surface area contributed by atoms with Gasteiger partial charge in [0, 0.05) is 28.8 Å². The van der Waals surface area contributed by atoms with Gasteiger partial charge in [0.2, 0.25) is 5.91 Å². The Labute approximate surface area is 171 Å². The standard InChI is InChI=1S/C22H18N2O2S2/c25-19-14-15(23-21(26)12-13-27-16-6-2-1-3-7-16)10-11-17(19)22-24-18-8-4-5-9-20(18)28-22/h1-11,14,25H,12-13H2,(H,23,26). The summed E-state index contributed by atoms with van der Waals surface area (Å²) < 4.78 is 1.07. The second-order valence-corrected chi connectivity index (χ2v) is 8.38. The lowest BCUT2D eigenvalue weighted by Crippen LogP contribution is -2.12. The number of hydrogen-bond acceptors (Lipinski definition) is 5. The van der Waals surface area contributed by atoms with Gasteiger partial charge in [-0.3, -0.25) is 4.79 Å². The van der Waals surface area contributed by atoms with E-state index in [0.29, 0.717) is 23.4 Å². The summed E-state index contributed by atoms with van der Waals surface area (Å²) in [6, 6.07) is 23.0. The van der Waals surface area contributed by atoms with E-state index >= 15 is 0 Å². The van der Waals surface area contributed by atoms with Gasteiger partial charge in [-0.25, -0.2) is 4.98 Å². The van der Waals surface area contributed by atoms with Crippen molar-refractivity contribution >= 4 is 44.9 Å². The highest BCUT2D eigenvalue weighted by Crippen LogP contribution is 2.36. The largest absolute Gasteiger partial charge is 0.507 e. The summed E-state index contributed by atoms with van der Waals surface area (Å²) >= 11 is 3.18. The molecule has 0 aliphatic carbocycles. The summed E-state index contributed by atoms with van der Waals surface area (Å²) in [4.78, 5) is 17.9. The number of benzene rings is 3. The number of nitrogens with zero attached hydrogens (tertiary/aromatic N) is 1. The Balaban J connectivity index is 1.39. The molecule has 0 saturated carbocycles. The van der Waals surface area contributed by atoms with Gasteiger partial charge >= 0.3 is 0 Å². The van der Waals surface area contributed by atoms with Crippen LogP contribution in [0.25, 0.3) is 20.8 Å². The summed E-state index contributed by atoms with van der Waals surface area (Å²) in [6.45, 7) is 0. The Morgan fingerprint density at radius 2 is 1.82 bits per heavy atom. The highest BCUT2D eigenvalue weighted by atomic mass is 32.2. The third-order valence-electron chi connectivity index (χ3n) is 4.15.